The van der Waals surface area contributed by atoms with Crippen molar-refractivity contribution < 1.29 is 18.4 Å². The van der Waals surface area contributed by atoms with E-state index in [-0.39, 0.29) is 12.3 Å². The Hall–Kier alpha value is -3.62. The average molecular weight is 409 g/mol. The second kappa shape index (κ2) is 7.01. The second-order valence-electron chi connectivity index (χ2n) is 7.54. The van der Waals surface area contributed by atoms with E-state index in [1.165, 1.54) is 6.07 Å². The molecule has 0 spiro atoms. The van der Waals surface area contributed by atoms with Crippen LogP contribution in [0.25, 0.3) is 11.7 Å². The summed E-state index contributed by atoms with van der Waals surface area (Å²) in [5.41, 5.74) is 2.69. The van der Waals surface area contributed by atoms with Crippen LogP contribution in [0.3, 0.4) is 0 Å². The van der Waals surface area contributed by atoms with Crippen LogP contribution in [0.5, 0.6) is 0 Å². The molecule has 0 atom stereocenters. The minimum absolute atomic E-state index is 0.0118. The predicted octanol–water partition coefficient (Wildman–Crippen LogP) is 2.60. The molecule has 0 unspecified atom stereocenters. The van der Waals surface area contributed by atoms with E-state index in [1.807, 2.05) is 6.07 Å². The summed E-state index contributed by atoms with van der Waals surface area (Å²) in [5.74, 6) is -1.83. The van der Waals surface area contributed by atoms with Crippen LogP contribution in [0.15, 0.2) is 36.0 Å². The van der Waals surface area contributed by atoms with E-state index in [0.29, 0.717) is 40.5 Å². The quantitative estimate of drug-likeness (QED) is 0.500. The number of benzene rings is 1. The first-order chi connectivity index (χ1) is 14.5. The number of imide groups is 1. The summed E-state index contributed by atoms with van der Waals surface area (Å²) >= 11 is 0. The van der Waals surface area contributed by atoms with Crippen molar-refractivity contribution in [2.45, 2.75) is 31.7 Å². The molecule has 1 aromatic carbocycles. The Morgan fingerprint density at radius 2 is 2.03 bits per heavy atom. The molecule has 2 aliphatic rings. The molecular weight excluding hydrogens is 392 g/mol. The van der Waals surface area contributed by atoms with Gasteiger partial charge in [-0.15, -0.1) is 0 Å². The van der Waals surface area contributed by atoms with E-state index in [2.05, 4.69) is 20.7 Å². The number of fused-ring (bicyclic) bond motifs is 1. The molecule has 1 aliphatic carbocycles. The van der Waals surface area contributed by atoms with Gasteiger partial charge in [0.1, 0.15) is 5.82 Å². The van der Waals surface area contributed by atoms with Gasteiger partial charge in [0.05, 0.1) is 18.3 Å². The predicted molar refractivity (Wildman–Crippen MR) is 105 cm³/mol. The van der Waals surface area contributed by atoms with E-state index in [9.17, 15) is 18.4 Å². The smallest absolute Gasteiger partial charge is 0.254 e. The van der Waals surface area contributed by atoms with Crippen molar-refractivity contribution in [1.82, 2.24) is 19.9 Å². The van der Waals surface area contributed by atoms with E-state index >= 15 is 0 Å². The van der Waals surface area contributed by atoms with Crippen molar-refractivity contribution in [3.05, 3.63) is 64.5 Å². The number of rotatable bonds is 5. The highest BCUT2D eigenvalue weighted by Crippen LogP contribution is 2.27. The highest BCUT2D eigenvalue weighted by atomic mass is 19.2. The lowest BCUT2D eigenvalue weighted by Crippen LogP contribution is -2.19. The number of nitrogens with one attached hydrogen (secondary N) is 2. The van der Waals surface area contributed by atoms with Crippen molar-refractivity contribution in [2.75, 3.05) is 5.32 Å². The maximum Gasteiger partial charge on any atom is 0.254 e. The van der Waals surface area contributed by atoms with Crippen LogP contribution < -0.4 is 10.6 Å². The summed E-state index contributed by atoms with van der Waals surface area (Å²) in [6.07, 6.45) is 5.62. The number of amides is 2. The number of hydrogen-bond donors (Lipinski definition) is 2. The number of anilines is 1. The first-order valence-electron chi connectivity index (χ1n) is 9.59. The summed E-state index contributed by atoms with van der Waals surface area (Å²) < 4.78 is 28.5. The average Bonchev–Trinajstić information content (AvgIpc) is 3.34. The summed E-state index contributed by atoms with van der Waals surface area (Å²) in [7, 11) is 0. The fraction of sp³-hybridized carbons (Fsp3) is 0.238. The molecule has 0 bridgehead atoms. The highest BCUT2D eigenvalue weighted by molar-refractivity contribution is 6.15. The van der Waals surface area contributed by atoms with E-state index in [1.54, 1.807) is 16.8 Å². The lowest BCUT2D eigenvalue weighted by atomic mass is 10.1. The van der Waals surface area contributed by atoms with Gasteiger partial charge in [-0.05, 0) is 36.6 Å². The maximum atomic E-state index is 13.6. The van der Waals surface area contributed by atoms with Gasteiger partial charge in [0.25, 0.3) is 5.91 Å². The Balaban J connectivity index is 1.57. The minimum atomic E-state index is -0.906. The van der Waals surface area contributed by atoms with Crippen LogP contribution in [0.4, 0.5) is 14.6 Å². The van der Waals surface area contributed by atoms with Gasteiger partial charge in [0.2, 0.25) is 5.91 Å². The number of nitrogens with zero attached hydrogens (tertiary/aromatic N) is 3. The number of hydrogen-bond acceptors (Lipinski definition) is 5. The van der Waals surface area contributed by atoms with E-state index in [0.717, 1.165) is 30.8 Å². The van der Waals surface area contributed by atoms with Crippen LogP contribution in [0.1, 0.15) is 36.1 Å². The highest BCUT2D eigenvalue weighted by Gasteiger charge is 2.25. The molecule has 2 N–H and O–H groups in total. The Bertz CT molecular complexity index is 1230. The lowest BCUT2D eigenvalue weighted by Gasteiger charge is -2.10. The van der Waals surface area contributed by atoms with Gasteiger partial charge in [0, 0.05) is 29.7 Å². The van der Waals surface area contributed by atoms with Gasteiger partial charge >= 0.3 is 0 Å². The fourth-order valence-corrected chi connectivity index (χ4v) is 3.43. The molecule has 1 saturated heterocycles. The van der Waals surface area contributed by atoms with Crippen LogP contribution in [-0.2, 0) is 16.0 Å². The zero-order valence-electron chi connectivity index (χ0n) is 15.8. The molecule has 152 valence electrons. The Kier molecular flexibility index (Phi) is 4.30. The topological polar surface area (TPSA) is 88.4 Å². The molecule has 0 radical (unpaired) electrons. The van der Waals surface area contributed by atoms with Crippen LogP contribution in [0.2, 0.25) is 0 Å². The van der Waals surface area contributed by atoms with Crippen molar-refractivity contribution >= 4 is 29.4 Å². The molecule has 2 aromatic heterocycles. The van der Waals surface area contributed by atoms with Gasteiger partial charge < -0.3 is 5.32 Å². The molecular formula is C21H17F2N5O2. The van der Waals surface area contributed by atoms with Gasteiger partial charge in [-0.25, -0.2) is 13.8 Å². The molecule has 9 heteroatoms. The van der Waals surface area contributed by atoms with E-state index in [4.69, 9.17) is 0 Å². The minimum Gasteiger partial charge on any atom is -0.367 e. The third-order valence-electron chi connectivity index (χ3n) is 5.08. The Morgan fingerprint density at radius 1 is 1.20 bits per heavy atom. The van der Waals surface area contributed by atoms with Gasteiger partial charge in [-0.2, -0.15) is 9.61 Å². The standard InChI is InChI=1S/C21H17F2N5O2/c22-16-4-1-11(6-17(16)23)5-15-9-18(25-14-2-3-14)28-20(26-15)13(10-24-28)7-12-8-19(29)27-21(12)30/h1,4,6-7,9-10,14,25H,2-3,5,8H2,(H,27,29,30)/b12-7+. The molecule has 30 heavy (non-hydrogen) atoms. The number of aromatic nitrogens is 3. The van der Waals surface area contributed by atoms with Crippen molar-refractivity contribution in [3.63, 3.8) is 0 Å². The summed E-state index contributed by atoms with van der Waals surface area (Å²) in [6, 6.07) is 5.96. The fourth-order valence-electron chi connectivity index (χ4n) is 3.43. The zero-order chi connectivity index (χ0) is 20.8. The summed E-state index contributed by atoms with van der Waals surface area (Å²) in [4.78, 5) is 28.0. The SMILES string of the molecule is O=C1C/C(=C\c2cnn3c(NC4CC4)cc(Cc4ccc(F)c(F)c4)nc23)C(=O)N1. The zero-order valence-corrected chi connectivity index (χ0v) is 15.8. The third kappa shape index (κ3) is 3.54. The van der Waals surface area contributed by atoms with Crippen LogP contribution >= 0.6 is 0 Å². The number of carbonyl (C=O) groups is 2. The summed E-state index contributed by atoms with van der Waals surface area (Å²) in [6.45, 7) is 0. The number of carbonyl (C=O) groups excluding carboxylic acids is 2. The molecule has 2 fully saturated rings. The van der Waals surface area contributed by atoms with Crippen molar-refractivity contribution in [3.8, 4) is 0 Å². The summed E-state index contributed by atoms with van der Waals surface area (Å²) in [5, 5.41) is 10.0. The van der Waals surface area contributed by atoms with Gasteiger partial charge in [-0.1, -0.05) is 6.07 Å². The van der Waals surface area contributed by atoms with Crippen LogP contribution in [0, 0.1) is 11.6 Å². The molecule has 2 amide bonds. The molecule has 5 rings (SSSR count). The maximum absolute atomic E-state index is 13.6. The monoisotopic (exact) mass is 409 g/mol. The molecule has 3 heterocycles. The Labute approximate surface area is 169 Å². The molecule has 3 aromatic rings. The van der Waals surface area contributed by atoms with Crippen molar-refractivity contribution in [2.24, 2.45) is 0 Å². The molecule has 7 nitrogen and oxygen atoms in total. The third-order valence-corrected chi connectivity index (χ3v) is 5.08. The molecule has 1 saturated carbocycles. The van der Waals surface area contributed by atoms with Crippen LogP contribution in [-0.4, -0.2) is 32.5 Å². The lowest BCUT2D eigenvalue weighted by molar-refractivity contribution is -0.124. The second-order valence-corrected chi connectivity index (χ2v) is 7.54. The first kappa shape index (κ1) is 18.4. The Morgan fingerprint density at radius 3 is 2.73 bits per heavy atom. The first-order valence-corrected chi connectivity index (χ1v) is 9.59. The van der Waals surface area contributed by atoms with E-state index < -0.39 is 17.5 Å². The normalized spacial score (nSPS) is 17.7. The largest absolute Gasteiger partial charge is 0.367 e. The van der Waals surface area contributed by atoms with Gasteiger partial charge in [-0.3, -0.25) is 14.9 Å². The molecule has 1 aliphatic heterocycles. The number of halogens is 2. The van der Waals surface area contributed by atoms with Crippen molar-refractivity contribution in [1.29, 1.82) is 0 Å². The van der Waals surface area contributed by atoms with Gasteiger partial charge in [0.15, 0.2) is 17.3 Å².